The molecule has 0 radical (unpaired) electrons. The third-order valence-electron chi connectivity index (χ3n) is 3.70. The molecule has 2 N–H and O–H groups in total. The lowest BCUT2D eigenvalue weighted by Gasteiger charge is -2.13. The van der Waals surface area contributed by atoms with Gasteiger partial charge in [0.15, 0.2) is 0 Å². The monoisotopic (exact) mass is 376 g/mol. The van der Waals surface area contributed by atoms with E-state index in [4.69, 9.17) is 0 Å². The van der Waals surface area contributed by atoms with Crippen LogP contribution in [-0.2, 0) is 9.59 Å². The molecule has 0 aliphatic rings. The van der Waals surface area contributed by atoms with Crippen molar-refractivity contribution in [2.75, 3.05) is 12.3 Å². The number of nitrogens with zero attached hydrogens (tertiary/aromatic N) is 4. The minimum atomic E-state index is -0.581. The van der Waals surface area contributed by atoms with Gasteiger partial charge in [-0.15, -0.1) is 5.10 Å². The second-order valence-electron chi connectivity index (χ2n) is 6.09. The summed E-state index contributed by atoms with van der Waals surface area (Å²) in [5.74, 6) is 0.107. The summed E-state index contributed by atoms with van der Waals surface area (Å²) in [5.41, 5.74) is 2.06. The SMILES string of the molecule is CCNC(=O)[C@H](C)NC(=O)CSc1nnnn1-c1ccc(C(C)C)cc1. The molecule has 0 unspecified atom stereocenters. The Bertz CT molecular complexity index is 744. The third-order valence-corrected chi connectivity index (χ3v) is 4.62. The Morgan fingerprint density at radius 2 is 1.88 bits per heavy atom. The number of hydrogen-bond donors (Lipinski definition) is 2. The number of amides is 2. The van der Waals surface area contributed by atoms with Crippen molar-refractivity contribution < 1.29 is 9.59 Å². The molecule has 8 nitrogen and oxygen atoms in total. The van der Waals surface area contributed by atoms with Crippen molar-refractivity contribution in [3.05, 3.63) is 29.8 Å². The number of carbonyl (C=O) groups excluding carboxylic acids is 2. The van der Waals surface area contributed by atoms with Gasteiger partial charge in [0.25, 0.3) is 0 Å². The lowest BCUT2D eigenvalue weighted by Crippen LogP contribution is -2.45. The Kier molecular flexibility index (Phi) is 7.14. The topological polar surface area (TPSA) is 102 Å². The van der Waals surface area contributed by atoms with E-state index >= 15 is 0 Å². The molecule has 0 fully saturated rings. The van der Waals surface area contributed by atoms with E-state index < -0.39 is 6.04 Å². The van der Waals surface area contributed by atoms with Crippen LogP contribution in [-0.4, -0.2) is 50.4 Å². The molecule has 2 aromatic rings. The molecular weight excluding hydrogens is 352 g/mol. The molecule has 1 aromatic heterocycles. The molecule has 1 atom stereocenters. The highest BCUT2D eigenvalue weighted by atomic mass is 32.2. The smallest absolute Gasteiger partial charge is 0.242 e. The Balaban J connectivity index is 1.96. The zero-order chi connectivity index (χ0) is 19.1. The van der Waals surface area contributed by atoms with Crippen LogP contribution in [0, 0.1) is 0 Å². The number of carbonyl (C=O) groups is 2. The Hall–Kier alpha value is -2.42. The standard InChI is InChI=1S/C17H24N6O2S/c1-5-18-16(25)12(4)19-15(24)10-26-17-20-21-22-23(17)14-8-6-13(7-9-14)11(2)3/h6-9,11-12H,5,10H2,1-4H3,(H,18,25)(H,19,24)/t12-/m0/s1. The number of benzene rings is 1. The Labute approximate surface area is 157 Å². The zero-order valence-electron chi connectivity index (χ0n) is 15.4. The van der Waals surface area contributed by atoms with Crippen LogP contribution >= 0.6 is 11.8 Å². The summed E-state index contributed by atoms with van der Waals surface area (Å²) in [6.45, 7) is 8.27. The molecule has 2 amide bonds. The number of tetrazole rings is 1. The lowest BCUT2D eigenvalue weighted by molar-refractivity contribution is -0.127. The number of aromatic nitrogens is 4. The van der Waals surface area contributed by atoms with E-state index in [0.717, 1.165) is 5.69 Å². The maximum Gasteiger partial charge on any atom is 0.242 e. The van der Waals surface area contributed by atoms with Crippen LogP contribution < -0.4 is 10.6 Å². The van der Waals surface area contributed by atoms with Crippen LogP contribution in [0.1, 0.15) is 39.2 Å². The molecule has 2 rings (SSSR count). The molecule has 0 aliphatic carbocycles. The van der Waals surface area contributed by atoms with Gasteiger partial charge in [-0.1, -0.05) is 37.7 Å². The number of likely N-dealkylation sites (N-methyl/N-ethyl adjacent to an activating group) is 1. The van der Waals surface area contributed by atoms with Crippen LogP contribution in [0.3, 0.4) is 0 Å². The van der Waals surface area contributed by atoms with Crippen LogP contribution in [0.2, 0.25) is 0 Å². The van der Waals surface area contributed by atoms with Crippen LogP contribution in [0.25, 0.3) is 5.69 Å². The first kappa shape index (κ1) is 19.9. The van der Waals surface area contributed by atoms with Crippen LogP contribution in [0.15, 0.2) is 29.4 Å². The maximum absolute atomic E-state index is 12.0. The van der Waals surface area contributed by atoms with Crippen LogP contribution in [0.4, 0.5) is 0 Å². The average molecular weight is 376 g/mol. The average Bonchev–Trinajstić information content (AvgIpc) is 3.08. The summed E-state index contributed by atoms with van der Waals surface area (Å²) < 4.78 is 1.59. The van der Waals surface area contributed by atoms with E-state index in [9.17, 15) is 9.59 Å². The Morgan fingerprint density at radius 3 is 2.50 bits per heavy atom. The third kappa shape index (κ3) is 5.29. The molecular formula is C17H24N6O2S. The van der Waals surface area contributed by atoms with Gasteiger partial charge in [0.1, 0.15) is 6.04 Å². The first-order chi connectivity index (χ1) is 12.4. The van der Waals surface area contributed by atoms with E-state index in [-0.39, 0.29) is 17.6 Å². The zero-order valence-corrected chi connectivity index (χ0v) is 16.2. The number of nitrogens with one attached hydrogen (secondary N) is 2. The van der Waals surface area contributed by atoms with Gasteiger partial charge in [-0.2, -0.15) is 4.68 Å². The van der Waals surface area contributed by atoms with Gasteiger partial charge in [0, 0.05) is 6.54 Å². The number of rotatable bonds is 8. The van der Waals surface area contributed by atoms with Crippen molar-refractivity contribution in [3.8, 4) is 5.69 Å². The quantitative estimate of drug-likeness (QED) is 0.677. The molecule has 0 spiro atoms. The number of hydrogen-bond acceptors (Lipinski definition) is 6. The normalized spacial score (nSPS) is 12.0. The van der Waals surface area contributed by atoms with Gasteiger partial charge in [0.05, 0.1) is 11.4 Å². The summed E-state index contributed by atoms with van der Waals surface area (Å²) in [6.07, 6.45) is 0. The first-order valence-electron chi connectivity index (χ1n) is 8.51. The number of thioether (sulfide) groups is 1. The summed E-state index contributed by atoms with van der Waals surface area (Å²) in [4.78, 5) is 23.7. The van der Waals surface area contributed by atoms with E-state index in [1.807, 2.05) is 31.2 Å². The minimum absolute atomic E-state index is 0.119. The van der Waals surface area contributed by atoms with Crippen LogP contribution in [0.5, 0.6) is 0 Å². The van der Waals surface area contributed by atoms with Gasteiger partial charge in [-0.05, 0) is 47.9 Å². The molecule has 0 saturated heterocycles. The predicted octanol–water partition coefficient (Wildman–Crippen LogP) is 1.52. The molecule has 1 heterocycles. The van der Waals surface area contributed by atoms with Gasteiger partial charge in [-0.3, -0.25) is 9.59 Å². The summed E-state index contributed by atoms with van der Waals surface area (Å²) >= 11 is 1.22. The van der Waals surface area contributed by atoms with Gasteiger partial charge in [-0.25, -0.2) is 0 Å². The van der Waals surface area contributed by atoms with Crippen molar-refractivity contribution in [1.82, 2.24) is 30.8 Å². The van der Waals surface area contributed by atoms with Gasteiger partial charge >= 0.3 is 0 Å². The van der Waals surface area contributed by atoms with E-state index in [0.29, 0.717) is 17.6 Å². The first-order valence-corrected chi connectivity index (χ1v) is 9.49. The van der Waals surface area contributed by atoms with E-state index in [2.05, 4.69) is 40.0 Å². The van der Waals surface area contributed by atoms with Crippen molar-refractivity contribution in [3.63, 3.8) is 0 Å². The molecule has 1 aromatic carbocycles. The summed E-state index contributed by atoms with van der Waals surface area (Å²) in [5, 5.41) is 17.5. The van der Waals surface area contributed by atoms with Crippen molar-refractivity contribution >= 4 is 23.6 Å². The predicted molar refractivity (Wildman–Crippen MR) is 100 cm³/mol. The summed E-state index contributed by atoms with van der Waals surface area (Å²) in [6, 6.07) is 7.40. The fourth-order valence-corrected chi connectivity index (χ4v) is 2.94. The van der Waals surface area contributed by atoms with Crippen molar-refractivity contribution in [2.45, 2.75) is 44.8 Å². The highest BCUT2D eigenvalue weighted by Crippen LogP contribution is 2.20. The molecule has 0 saturated carbocycles. The van der Waals surface area contributed by atoms with Gasteiger partial charge in [0.2, 0.25) is 17.0 Å². The van der Waals surface area contributed by atoms with E-state index in [1.54, 1.807) is 11.6 Å². The molecule has 9 heteroatoms. The molecule has 0 aliphatic heterocycles. The Morgan fingerprint density at radius 1 is 1.19 bits per heavy atom. The maximum atomic E-state index is 12.0. The second-order valence-corrected chi connectivity index (χ2v) is 7.03. The van der Waals surface area contributed by atoms with Gasteiger partial charge < -0.3 is 10.6 Å². The highest BCUT2D eigenvalue weighted by Gasteiger charge is 2.16. The largest absolute Gasteiger partial charge is 0.355 e. The molecule has 140 valence electrons. The fraction of sp³-hybridized carbons (Fsp3) is 0.471. The molecule has 0 bridgehead atoms. The lowest BCUT2D eigenvalue weighted by atomic mass is 10.0. The van der Waals surface area contributed by atoms with Crippen molar-refractivity contribution in [2.24, 2.45) is 0 Å². The minimum Gasteiger partial charge on any atom is -0.355 e. The second kappa shape index (κ2) is 9.33. The molecule has 26 heavy (non-hydrogen) atoms. The van der Waals surface area contributed by atoms with Crippen molar-refractivity contribution in [1.29, 1.82) is 0 Å². The van der Waals surface area contributed by atoms with E-state index in [1.165, 1.54) is 17.3 Å². The highest BCUT2D eigenvalue weighted by molar-refractivity contribution is 7.99. The fourth-order valence-electron chi connectivity index (χ4n) is 2.24. The summed E-state index contributed by atoms with van der Waals surface area (Å²) in [7, 11) is 0.